The molecule has 8 heteroatoms. The second-order valence-corrected chi connectivity index (χ2v) is 6.20. The van der Waals surface area contributed by atoms with Crippen LogP contribution >= 0.6 is 0 Å². The van der Waals surface area contributed by atoms with E-state index in [0.717, 1.165) is 17.5 Å². The van der Waals surface area contributed by atoms with Crippen molar-refractivity contribution in [3.63, 3.8) is 0 Å². The minimum Gasteiger partial charge on any atom is -0.454 e. The van der Waals surface area contributed by atoms with Crippen LogP contribution in [0.1, 0.15) is 32.1 Å². The number of Topliss-reactive ketones (excluding diaryl/α,β-unsaturated/α-hetero) is 1. The van der Waals surface area contributed by atoms with Gasteiger partial charge in [0.25, 0.3) is 5.69 Å². The molecule has 26 heavy (non-hydrogen) atoms. The van der Waals surface area contributed by atoms with Gasteiger partial charge in [-0.1, -0.05) is 0 Å². The van der Waals surface area contributed by atoms with E-state index >= 15 is 0 Å². The number of carbonyl (C=O) groups excluding carboxylic acids is 2. The molecule has 138 valence electrons. The molecule has 8 nitrogen and oxygen atoms in total. The number of benzene rings is 1. The first-order chi connectivity index (χ1) is 12.1. The van der Waals surface area contributed by atoms with Gasteiger partial charge in [0.15, 0.2) is 6.61 Å². The third-order valence-electron chi connectivity index (χ3n) is 4.30. The summed E-state index contributed by atoms with van der Waals surface area (Å²) in [7, 11) is 5.19. The summed E-state index contributed by atoms with van der Waals surface area (Å²) >= 11 is 0. The van der Waals surface area contributed by atoms with Gasteiger partial charge in [-0.05, 0) is 32.0 Å². The highest BCUT2D eigenvalue weighted by molar-refractivity contribution is 6.00. The molecule has 0 bridgehead atoms. The fraction of sp³-hybridized carbons (Fsp3) is 0.333. The van der Waals surface area contributed by atoms with Crippen LogP contribution in [0.4, 0.5) is 11.4 Å². The Morgan fingerprint density at radius 1 is 1.23 bits per heavy atom. The Labute approximate surface area is 151 Å². The van der Waals surface area contributed by atoms with Gasteiger partial charge in [-0.15, -0.1) is 0 Å². The lowest BCUT2D eigenvalue weighted by Crippen LogP contribution is -2.16. The Balaban J connectivity index is 2.15. The zero-order chi connectivity index (χ0) is 19.6. The Morgan fingerprint density at radius 3 is 2.38 bits per heavy atom. The molecule has 0 amide bonds. The van der Waals surface area contributed by atoms with Crippen LogP contribution in [0.3, 0.4) is 0 Å². The van der Waals surface area contributed by atoms with E-state index in [4.69, 9.17) is 4.74 Å². The van der Waals surface area contributed by atoms with Crippen LogP contribution in [0.2, 0.25) is 0 Å². The minimum absolute atomic E-state index is 0.0241. The molecule has 0 fully saturated rings. The number of carbonyl (C=O) groups is 2. The molecule has 0 unspecified atom stereocenters. The summed E-state index contributed by atoms with van der Waals surface area (Å²) in [6.45, 7) is 3.26. The SMILES string of the molecule is Cc1cc(C(=O)COC(=O)c2ccc(N(C)C)c([N+](=O)[O-])c2)c(C)n1C. The average Bonchev–Trinajstić information content (AvgIpc) is 2.86. The highest BCUT2D eigenvalue weighted by Crippen LogP contribution is 2.28. The van der Waals surface area contributed by atoms with Gasteiger partial charge in [-0.2, -0.15) is 0 Å². The highest BCUT2D eigenvalue weighted by Gasteiger charge is 2.21. The molecule has 0 N–H and O–H groups in total. The summed E-state index contributed by atoms with van der Waals surface area (Å²) in [5, 5.41) is 11.2. The third kappa shape index (κ3) is 3.74. The molecule has 1 heterocycles. The van der Waals surface area contributed by atoms with Gasteiger partial charge < -0.3 is 14.2 Å². The van der Waals surface area contributed by atoms with E-state index in [0.29, 0.717) is 11.3 Å². The van der Waals surface area contributed by atoms with Crippen molar-refractivity contribution < 1.29 is 19.2 Å². The minimum atomic E-state index is -0.780. The van der Waals surface area contributed by atoms with E-state index in [1.165, 1.54) is 12.1 Å². The van der Waals surface area contributed by atoms with Crippen LogP contribution in [0.5, 0.6) is 0 Å². The number of esters is 1. The molecule has 0 radical (unpaired) electrons. The molecule has 2 rings (SSSR count). The summed E-state index contributed by atoms with van der Waals surface area (Å²) in [6, 6.07) is 5.80. The number of hydrogen-bond donors (Lipinski definition) is 0. The van der Waals surface area contributed by atoms with Crippen molar-refractivity contribution in [2.24, 2.45) is 7.05 Å². The standard InChI is InChI=1S/C18H21N3O5/c1-11-8-14(12(2)20(11)5)17(22)10-26-18(23)13-6-7-15(19(3)4)16(9-13)21(24)25/h6-9H,10H2,1-5H3. The van der Waals surface area contributed by atoms with E-state index in [1.807, 2.05) is 25.5 Å². The first kappa shape index (κ1) is 19.2. The molecular weight excluding hydrogens is 338 g/mol. The quantitative estimate of drug-likeness (QED) is 0.341. The number of anilines is 1. The molecular formula is C18H21N3O5. The van der Waals surface area contributed by atoms with Crippen molar-refractivity contribution in [2.45, 2.75) is 13.8 Å². The van der Waals surface area contributed by atoms with Crippen LogP contribution in [0.15, 0.2) is 24.3 Å². The van der Waals surface area contributed by atoms with Crippen LogP contribution in [0.25, 0.3) is 0 Å². The molecule has 0 saturated heterocycles. The van der Waals surface area contributed by atoms with Crippen LogP contribution in [-0.2, 0) is 11.8 Å². The number of ether oxygens (including phenoxy) is 1. The van der Waals surface area contributed by atoms with Crippen molar-refractivity contribution >= 4 is 23.1 Å². The topological polar surface area (TPSA) is 94.7 Å². The number of aromatic nitrogens is 1. The van der Waals surface area contributed by atoms with E-state index in [2.05, 4.69) is 0 Å². The molecule has 0 aliphatic carbocycles. The van der Waals surface area contributed by atoms with Crippen molar-refractivity contribution in [1.82, 2.24) is 4.57 Å². The van der Waals surface area contributed by atoms with Crippen molar-refractivity contribution in [3.8, 4) is 0 Å². The zero-order valence-corrected chi connectivity index (χ0v) is 15.4. The first-order valence-corrected chi connectivity index (χ1v) is 7.92. The average molecular weight is 359 g/mol. The van der Waals surface area contributed by atoms with Crippen molar-refractivity contribution in [1.29, 1.82) is 0 Å². The number of nitro groups is 1. The van der Waals surface area contributed by atoms with Gasteiger partial charge >= 0.3 is 5.97 Å². The Bertz CT molecular complexity index is 883. The zero-order valence-electron chi connectivity index (χ0n) is 15.4. The second kappa shape index (κ2) is 7.38. The second-order valence-electron chi connectivity index (χ2n) is 6.20. The Hall–Kier alpha value is -3.16. The smallest absolute Gasteiger partial charge is 0.338 e. The van der Waals surface area contributed by atoms with Crippen LogP contribution in [0, 0.1) is 24.0 Å². The number of ketones is 1. The number of rotatable bonds is 6. The maximum Gasteiger partial charge on any atom is 0.338 e. The predicted molar refractivity (Wildman–Crippen MR) is 96.9 cm³/mol. The van der Waals surface area contributed by atoms with Crippen molar-refractivity contribution in [2.75, 3.05) is 25.6 Å². The molecule has 0 atom stereocenters. The lowest BCUT2D eigenvalue weighted by atomic mass is 10.1. The lowest BCUT2D eigenvalue weighted by molar-refractivity contribution is -0.384. The molecule has 0 spiro atoms. The van der Waals surface area contributed by atoms with Crippen LogP contribution < -0.4 is 4.90 Å². The number of aryl methyl sites for hydroxylation is 1. The summed E-state index contributed by atoms with van der Waals surface area (Å²) < 4.78 is 6.92. The van der Waals surface area contributed by atoms with Gasteiger partial charge in [-0.25, -0.2) is 4.79 Å². The van der Waals surface area contributed by atoms with Gasteiger partial charge in [0.2, 0.25) is 5.78 Å². The maximum atomic E-state index is 12.3. The third-order valence-corrected chi connectivity index (χ3v) is 4.30. The summed E-state index contributed by atoms with van der Waals surface area (Å²) in [4.78, 5) is 36.7. The Kier molecular flexibility index (Phi) is 5.44. The van der Waals surface area contributed by atoms with E-state index < -0.39 is 17.5 Å². The van der Waals surface area contributed by atoms with Crippen LogP contribution in [-0.4, -0.2) is 41.9 Å². The van der Waals surface area contributed by atoms with Crippen molar-refractivity contribution in [3.05, 3.63) is 56.9 Å². The number of nitro benzene ring substituents is 1. The predicted octanol–water partition coefficient (Wildman–Crippen LogP) is 2.66. The maximum absolute atomic E-state index is 12.3. The Morgan fingerprint density at radius 2 is 1.88 bits per heavy atom. The molecule has 0 aliphatic rings. The molecule has 2 aromatic rings. The molecule has 1 aromatic carbocycles. The summed E-state index contributed by atoms with van der Waals surface area (Å²) in [5.74, 6) is -1.10. The molecule has 0 saturated carbocycles. The molecule has 1 aromatic heterocycles. The van der Waals surface area contributed by atoms with Gasteiger partial charge in [-0.3, -0.25) is 14.9 Å². The van der Waals surface area contributed by atoms with E-state index in [-0.39, 0.29) is 17.0 Å². The lowest BCUT2D eigenvalue weighted by Gasteiger charge is -2.13. The fourth-order valence-corrected chi connectivity index (χ4v) is 2.60. The van der Waals surface area contributed by atoms with E-state index in [1.54, 1.807) is 25.1 Å². The number of nitrogens with zero attached hydrogens (tertiary/aromatic N) is 3. The van der Waals surface area contributed by atoms with Gasteiger partial charge in [0.1, 0.15) is 5.69 Å². The monoisotopic (exact) mass is 359 g/mol. The van der Waals surface area contributed by atoms with E-state index in [9.17, 15) is 19.7 Å². The number of hydrogen-bond acceptors (Lipinski definition) is 6. The fourth-order valence-electron chi connectivity index (χ4n) is 2.60. The summed E-state index contributed by atoms with van der Waals surface area (Å²) in [5.41, 5.74) is 2.40. The largest absolute Gasteiger partial charge is 0.454 e. The highest BCUT2D eigenvalue weighted by atomic mass is 16.6. The summed E-state index contributed by atoms with van der Waals surface area (Å²) in [6.07, 6.45) is 0. The normalized spacial score (nSPS) is 10.5. The molecule has 0 aliphatic heterocycles. The van der Waals surface area contributed by atoms with Gasteiger partial charge in [0.05, 0.1) is 10.5 Å². The first-order valence-electron chi connectivity index (χ1n) is 7.92. The van der Waals surface area contributed by atoms with Gasteiger partial charge in [0, 0.05) is 44.2 Å².